The second kappa shape index (κ2) is 18.9. The third kappa shape index (κ3) is 11.0. The molecule has 2 N–H and O–H groups in total. The molecule has 0 spiro atoms. The number of allylic oxidation sites excluding steroid dienone is 2. The summed E-state index contributed by atoms with van der Waals surface area (Å²) < 4.78 is 5.83. The maximum Gasteiger partial charge on any atom is 0.309 e. The molecule has 3 aromatic carbocycles. The lowest BCUT2D eigenvalue weighted by atomic mass is 9.92. The molecule has 7 nitrogen and oxygen atoms in total. The van der Waals surface area contributed by atoms with Crippen LogP contribution in [0.2, 0.25) is 0 Å². The standard InChI is InChI=1S/C39H46N2O5S/c1-3-13-32(23-37(43)41-24-34-20-12-11-19-31(34)22-36(41)25-42)38(44)40-35(28-47-27-30-17-9-6-10-18-30)26-46-39(45)33(14-4-2)21-29-15-7-5-8-16-29/h3-12,15-20,32-33,35-36,42H,1-2,13-14,21-28H2,(H,40,44)/t32-,33-,35-,36+/m1/s1. The second-order valence-corrected chi connectivity index (χ2v) is 13.0. The number of rotatable bonds is 18. The molecule has 4 atom stereocenters. The van der Waals surface area contributed by atoms with Gasteiger partial charge in [-0.2, -0.15) is 11.8 Å². The summed E-state index contributed by atoms with van der Waals surface area (Å²) in [6.07, 6.45) is 5.25. The van der Waals surface area contributed by atoms with Gasteiger partial charge >= 0.3 is 5.97 Å². The van der Waals surface area contributed by atoms with Crippen LogP contribution in [0.3, 0.4) is 0 Å². The molecule has 1 aliphatic heterocycles. The van der Waals surface area contributed by atoms with Crippen molar-refractivity contribution >= 4 is 29.5 Å². The van der Waals surface area contributed by atoms with Gasteiger partial charge in [-0.05, 0) is 47.9 Å². The number of aliphatic hydroxyl groups excluding tert-OH is 1. The van der Waals surface area contributed by atoms with E-state index in [0.717, 1.165) is 28.0 Å². The van der Waals surface area contributed by atoms with E-state index in [1.165, 1.54) is 0 Å². The molecule has 0 aromatic heterocycles. The van der Waals surface area contributed by atoms with Gasteiger partial charge in [-0.15, -0.1) is 13.2 Å². The Labute approximate surface area is 283 Å². The van der Waals surface area contributed by atoms with Crippen molar-refractivity contribution in [3.8, 4) is 0 Å². The monoisotopic (exact) mass is 654 g/mol. The normalized spacial score (nSPS) is 15.9. The summed E-state index contributed by atoms with van der Waals surface area (Å²) in [5.41, 5.74) is 4.37. The van der Waals surface area contributed by atoms with Gasteiger partial charge in [0.25, 0.3) is 0 Å². The van der Waals surface area contributed by atoms with Crippen molar-refractivity contribution in [2.24, 2.45) is 11.8 Å². The number of aliphatic hydroxyl groups is 1. The summed E-state index contributed by atoms with van der Waals surface area (Å²) in [6.45, 7) is 7.91. The topological polar surface area (TPSA) is 95.9 Å². The lowest BCUT2D eigenvalue weighted by Gasteiger charge is -2.36. The van der Waals surface area contributed by atoms with Gasteiger partial charge in [0.2, 0.25) is 11.8 Å². The predicted molar refractivity (Wildman–Crippen MR) is 188 cm³/mol. The zero-order chi connectivity index (χ0) is 33.4. The number of ether oxygens (including phenoxy) is 1. The molecule has 1 aliphatic rings. The largest absolute Gasteiger partial charge is 0.463 e. The van der Waals surface area contributed by atoms with Crippen molar-refractivity contribution in [1.82, 2.24) is 10.2 Å². The minimum Gasteiger partial charge on any atom is -0.463 e. The average molecular weight is 655 g/mol. The molecule has 0 aliphatic carbocycles. The van der Waals surface area contributed by atoms with Gasteiger partial charge in [-0.3, -0.25) is 14.4 Å². The number of hydrogen-bond acceptors (Lipinski definition) is 6. The van der Waals surface area contributed by atoms with Gasteiger partial charge < -0.3 is 20.1 Å². The smallest absolute Gasteiger partial charge is 0.309 e. The highest BCUT2D eigenvalue weighted by molar-refractivity contribution is 7.98. The van der Waals surface area contributed by atoms with Crippen molar-refractivity contribution in [3.63, 3.8) is 0 Å². The van der Waals surface area contributed by atoms with Crippen LogP contribution in [-0.2, 0) is 44.3 Å². The van der Waals surface area contributed by atoms with Crippen molar-refractivity contribution in [2.45, 2.75) is 56.5 Å². The van der Waals surface area contributed by atoms with Crippen LogP contribution in [0.5, 0.6) is 0 Å². The fourth-order valence-electron chi connectivity index (χ4n) is 5.86. The number of benzene rings is 3. The van der Waals surface area contributed by atoms with Crippen LogP contribution >= 0.6 is 11.8 Å². The zero-order valence-electron chi connectivity index (χ0n) is 27.0. The average Bonchev–Trinajstić information content (AvgIpc) is 3.10. The van der Waals surface area contributed by atoms with Gasteiger partial charge in [-0.25, -0.2) is 0 Å². The Morgan fingerprint density at radius 3 is 2.17 bits per heavy atom. The first-order chi connectivity index (χ1) is 22.9. The summed E-state index contributed by atoms with van der Waals surface area (Å²) in [4.78, 5) is 42.3. The summed E-state index contributed by atoms with van der Waals surface area (Å²) in [7, 11) is 0. The number of nitrogens with zero attached hydrogens (tertiary/aromatic N) is 1. The Kier molecular flexibility index (Phi) is 14.3. The van der Waals surface area contributed by atoms with E-state index in [2.05, 4.69) is 30.6 Å². The Balaban J connectivity index is 1.42. The molecule has 0 unspecified atom stereocenters. The summed E-state index contributed by atoms with van der Waals surface area (Å²) in [5, 5.41) is 13.2. The highest BCUT2D eigenvalue weighted by Gasteiger charge is 2.32. The predicted octanol–water partition coefficient (Wildman–Crippen LogP) is 5.91. The first-order valence-electron chi connectivity index (χ1n) is 16.2. The molecule has 1 heterocycles. The van der Waals surface area contributed by atoms with Crippen LogP contribution in [0, 0.1) is 11.8 Å². The molecular formula is C39H46N2O5S. The van der Waals surface area contributed by atoms with Crippen LogP contribution < -0.4 is 5.32 Å². The molecule has 4 rings (SSSR count). The molecule has 0 saturated carbocycles. The van der Waals surface area contributed by atoms with Crippen molar-refractivity contribution < 1.29 is 24.2 Å². The van der Waals surface area contributed by atoms with E-state index in [4.69, 9.17) is 4.74 Å². The van der Waals surface area contributed by atoms with Crippen molar-refractivity contribution in [2.75, 3.05) is 19.0 Å². The minimum atomic E-state index is -0.652. The molecule has 2 amide bonds. The Morgan fingerprint density at radius 1 is 0.894 bits per heavy atom. The van der Waals surface area contributed by atoms with Gasteiger partial charge in [0.15, 0.2) is 0 Å². The number of carbonyl (C=O) groups is 3. The molecule has 8 heteroatoms. The number of esters is 1. The van der Waals surface area contributed by atoms with E-state index >= 15 is 0 Å². The zero-order valence-corrected chi connectivity index (χ0v) is 27.8. The van der Waals surface area contributed by atoms with Crippen LogP contribution in [0.1, 0.15) is 41.5 Å². The molecule has 47 heavy (non-hydrogen) atoms. The van der Waals surface area contributed by atoms with E-state index < -0.39 is 12.0 Å². The number of thioether (sulfide) groups is 1. The van der Waals surface area contributed by atoms with E-state index in [-0.39, 0.29) is 49.4 Å². The molecule has 0 fully saturated rings. The van der Waals surface area contributed by atoms with Gasteiger partial charge in [0.1, 0.15) is 6.61 Å². The first-order valence-corrected chi connectivity index (χ1v) is 17.4. The minimum absolute atomic E-state index is 0.0129. The summed E-state index contributed by atoms with van der Waals surface area (Å²) in [5.74, 6) is -0.590. The third-order valence-electron chi connectivity index (χ3n) is 8.44. The number of nitrogens with one attached hydrogen (secondary N) is 1. The Hall–Kier alpha value is -4.14. The van der Waals surface area contributed by atoms with E-state index in [9.17, 15) is 19.5 Å². The van der Waals surface area contributed by atoms with Crippen molar-refractivity contribution in [1.29, 1.82) is 0 Å². The molecule has 248 valence electrons. The van der Waals surface area contributed by atoms with Crippen LogP contribution in [0.4, 0.5) is 0 Å². The quantitative estimate of drug-likeness (QED) is 0.131. The molecular weight excluding hydrogens is 609 g/mol. The Bertz CT molecular complexity index is 1460. The van der Waals surface area contributed by atoms with Crippen LogP contribution in [0.15, 0.2) is 110 Å². The SMILES string of the molecule is C=CC[C@H](CC(=O)N1Cc2ccccc2C[C@H]1CO)C(=O)N[C@H](COC(=O)[C@H](CC=C)Cc1ccccc1)CSCc1ccccc1. The Morgan fingerprint density at radius 2 is 1.51 bits per heavy atom. The van der Waals surface area contributed by atoms with Gasteiger partial charge in [0, 0.05) is 24.5 Å². The highest BCUT2D eigenvalue weighted by atomic mass is 32.2. The highest BCUT2D eigenvalue weighted by Crippen LogP contribution is 2.25. The van der Waals surface area contributed by atoms with Gasteiger partial charge in [-0.1, -0.05) is 97.1 Å². The lowest BCUT2D eigenvalue weighted by molar-refractivity contribution is -0.149. The van der Waals surface area contributed by atoms with E-state index in [1.807, 2.05) is 72.8 Å². The maximum absolute atomic E-state index is 13.7. The number of amides is 2. The fraction of sp³-hybridized carbons (Fsp3) is 0.359. The maximum atomic E-state index is 13.7. The number of carbonyl (C=O) groups excluding carboxylic acids is 3. The van der Waals surface area contributed by atoms with E-state index in [0.29, 0.717) is 38.0 Å². The first kappa shape index (κ1) is 35.7. The van der Waals surface area contributed by atoms with Crippen molar-refractivity contribution in [3.05, 3.63) is 132 Å². The molecule has 0 saturated heterocycles. The number of hydrogen-bond donors (Lipinski definition) is 2. The van der Waals surface area contributed by atoms with Crippen LogP contribution in [-0.4, -0.2) is 58.8 Å². The van der Waals surface area contributed by atoms with Crippen LogP contribution in [0.25, 0.3) is 0 Å². The lowest BCUT2D eigenvalue weighted by Crippen LogP contribution is -2.48. The second-order valence-electron chi connectivity index (χ2n) is 12.0. The summed E-state index contributed by atoms with van der Waals surface area (Å²) in [6, 6.07) is 27.0. The summed E-state index contributed by atoms with van der Waals surface area (Å²) >= 11 is 1.64. The third-order valence-corrected chi connectivity index (χ3v) is 9.62. The van der Waals surface area contributed by atoms with Gasteiger partial charge in [0.05, 0.1) is 30.5 Å². The fourth-order valence-corrected chi connectivity index (χ4v) is 6.87. The number of fused-ring (bicyclic) bond motifs is 1. The van der Waals surface area contributed by atoms with E-state index in [1.54, 1.807) is 28.8 Å². The molecule has 0 radical (unpaired) electrons. The molecule has 3 aromatic rings. The molecule has 0 bridgehead atoms.